The molecule has 5 rings (SSSR count). The molecule has 1 N–H and O–H groups in total. The largest absolute Gasteiger partial charge is 0.370 e. The van der Waals surface area contributed by atoms with Gasteiger partial charge in [0.1, 0.15) is 29.7 Å². The lowest BCUT2D eigenvalue weighted by molar-refractivity contribution is 0.474. The third-order valence-electron chi connectivity index (χ3n) is 5.89. The van der Waals surface area contributed by atoms with Crippen LogP contribution < -0.4 is 10.6 Å². The van der Waals surface area contributed by atoms with Crippen molar-refractivity contribution in [1.29, 1.82) is 5.26 Å². The van der Waals surface area contributed by atoms with Crippen molar-refractivity contribution in [3.8, 4) is 17.2 Å². The van der Waals surface area contributed by atoms with E-state index in [0.717, 1.165) is 18.7 Å². The molecule has 31 heavy (non-hydrogen) atoms. The van der Waals surface area contributed by atoms with Gasteiger partial charge in [0.05, 0.1) is 11.3 Å². The Hall–Kier alpha value is -4.00. The predicted octanol–water partition coefficient (Wildman–Crippen LogP) is 2.21. The minimum atomic E-state index is -0.471. The number of nitrogens with zero attached hydrogens (tertiary/aromatic N) is 7. The number of H-pyrrole nitrogens is 1. The fraction of sp³-hybridized carbons (Fsp3) is 0.286. The number of aromatic amines is 1. The molecule has 0 atom stereocenters. The number of nitrogens with one attached hydrogen (secondary N) is 1. The summed E-state index contributed by atoms with van der Waals surface area (Å²) in [5, 5.41) is 18.0. The Kier molecular flexibility index (Phi) is 4.51. The summed E-state index contributed by atoms with van der Waals surface area (Å²) in [6.45, 7) is 1.27. The van der Waals surface area contributed by atoms with Crippen LogP contribution in [0.5, 0.6) is 0 Å². The van der Waals surface area contributed by atoms with Crippen LogP contribution in [0.4, 0.5) is 10.1 Å². The zero-order chi connectivity index (χ0) is 21.5. The van der Waals surface area contributed by atoms with Gasteiger partial charge in [0.15, 0.2) is 0 Å². The number of rotatable bonds is 3. The molecule has 0 radical (unpaired) electrons. The number of hydrogen-bond donors (Lipinski definition) is 1. The Balaban J connectivity index is 1.60. The summed E-state index contributed by atoms with van der Waals surface area (Å²) < 4.78 is 18.5. The number of nitriles is 1. The van der Waals surface area contributed by atoms with Crippen LogP contribution in [-0.2, 0) is 7.05 Å². The lowest BCUT2D eigenvalue weighted by Crippen LogP contribution is -2.34. The molecule has 4 heterocycles. The highest BCUT2D eigenvalue weighted by atomic mass is 19.1. The zero-order valence-corrected chi connectivity index (χ0v) is 16.8. The van der Waals surface area contributed by atoms with Gasteiger partial charge in [0.25, 0.3) is 0 Å². The van der Waals surface area contributed by atoms with Crippen LogP contribution in [-0.4, -0.2) is 42.2 Å². The van der Waals surface area contributed by atoms with E-state index in [1.54, 1.807) is 18.7 Å². The van der Waals surface area contributed by atoms with Crippen molar-refractivity contribution in [2.24, 2.45) is 7.05 Å². The Morgan fingerprint density at radius 2 is 2.10 bits per heavy atom. The maximum absolute atomic E-state index is 15.2. The van der Waals surface area contributed by atoms with Crippen molar-refractivity contribution in [3.63, 3.8) is 0 Å². The van der Waals surface area contributed by atoms with Gasteiger partial charge in [-0.1, -0.05) is 0 Å². The Labute approximate surface area is 176 Å². The summed E-state index contributed by atoms with van der Waals surface area (Å²) in [5.41, 5.74) is 1.58. The summed E-state index contributed by atoms with van der Waals surface area (Å²) in [7, 11) is 1.92. The highest BCUT2D eigenvalue weighted by molar-refractivity contribution is 5.89. The first kappa shape index (κ1) is 19.0. The first-order valence-electron chi connectivity index (χ1n) is 9.95. The summed E-state index contributed by atoms with van der Waals surface area (Å²) in [6, 6.07) is 4.98. The summed E-state index contributed by atoms with van der Waals surface area (Å²) in [4.78, 5) is 21.0. The second kappa shape index (κ2) is 7.36. The second-order valence-electron chi connectivity index (χ2n) is 7.62. The number of hydrogen-bond acceptors (Lipinski definition) is 6. The molecule has 0 amide bonds. The standard InChI is InChI=1S/C21H19FN8O/c1-28-12-26-27-19(28)13-4-7-29(8-5-13)18-14(10-23)2-3-16(22)17(18)15-11-25-21(31)30-9-6-24-20(15)30/h2-3,6,9,11-13,24H,4-5,7-8H2,1H3. The van der Waals surface area contributed by atoms with Crippen molar-refractivity contribution in [2.45, 2.75) is 18.8 Å². The quantitative estimate of drug-likeness (QED) is 0.547. The zero-order valence-electron chi connectivity index (χ0n) is 16.8. The van der Waals surface area contributed by atoms with Crippen LogP contribution in [0.25, 0.3) is 16.8 Å². The number of piperidine rings is 1. The first-order chi connectivity index (χ1) is 15.1. The molecular formula is C21H19FN8O. The van der Waals surface area contributed by atoms with E-state index in [9.17, 15) is 10.1 Å². The Morgan fingerprint density at radius 1 is 1.29 bits per heavy atom. The lowest BCUT2D eigenvalue weighted by atomic mass is 9.93. The number of aryl methyl sites for hydroxylation is 1. The molecule has 4 aromatic rings. The maximum Gasteiger partial charge on any atom is 0.353 e. The van der Waals surface area contributed by atoms with Crippen LogP contribution in [0.3, 0.4) is 0 Å². The first-order valence-corrected chi connectivity index (χ1v) is 9.95. The van der Waals surface area contributed by atoms with E-state index in [-0.39, 0.29) is 11.5 Å². The number of fused-ring (bicyclic) bond motifs is 1. The number of anilines is 1. The van der Waals surface area contributed by atoms with Gasteiger partial charge in [0, 0.05) is 55.8 Å². The normalized spacial score (nSPS) is 14.8. The van der Waals surface area contributed by atoms with Crippen LogP contribution >= 0.6 is 0 Å². The van der Waals surface area contributed by atoms with Crippen molar-refractivity contribution in [2.75, 3.05) is 18.0 Å². The lowest BCUT2D eigenvalue weighted by Gasteiger charge is -2.35. The molecule has 3 aromatic heterocycles. The molecule has 1 aliphatic rings. The highest BCUT2D eigenvalue weighted by Crippen LogP contribution is 2.40. The summed E-state index contributed by atoms with van der Waals surface area (Å²) in [6.07, 6.45) is 7.80. The smallest absolute Gasteiger partial charge is 0.353 e. The van der Waals surface area contributed by atoms with Gasteiger partial charge in [-0.25, -0.2) is 14.2 Å². The molecule has 1 aromatic carbocycles. The van der Waals surface area contributed by atoms with Gasteiger partial charge in [-0.15, -0.1) is 10.2 Å². The number of aromatic nitrogens is 6. The van der Waals surface area contributed by atoms with Crippen LogP contribution in [0.15, 0.2) is 41.8 Å². The molecule has 1 saturated heterocycles. The van der Waals surface area contributed by atoms with Gasteiger partial charge in [-0.3, -0.25) is 4.40 Å². The average molecular weight is 418 g/mol. The fourth-order valence-electron chi connectivity index (χ4n) is 4.39. The third-order valence-corrected chi connectivity index (χ3v) is 5.89. The second-order valence-corrected chi connectivity index (χ2v) is 7.62. The minimum Gasteiger partial charge on any atom is -0.370 e. The van der Waals surface area contributed by atoms with Crippen molar-refractivity contribution >= 4 is 11.3 Å². The molecular weight excluding hydrogens is 399 g/mol. The Bertz CT molecular complexity index is 1370. The van der Waals surface area contributed by atoms with E-state index in [1.165, 1.54) is 22.7 Å². The van der Waals surface area contributed by atoms with Crippen molar-refractivity contribution < 1.29 is 4.39 Å². The molecule has 156 valence electrons. The van der Waals surface area contributed by atoms with E-state index >= 15 is 4.39 Å². The van der Waals surface area contributed by atoms with Crippen LogP contribution in [0.2, 0.25) is 0 Å². The van der Waals surface area contributed by atoms with E-state index in [1.807, 2.05) is 16.5 Å². The molecule has 0 saturated carbocycles. The maximum atomic E-state index is 15.2. The summed E-state index contributed by atoms with van der Waals surface area (Å²) in [5.74, 6) is 0.708. The van der Waals surface area contributed by atoms with Gasteiger partial charge in [0.2, 0.25) is 0 Å². The third kappa shape index (κ3) is 3.06. The van der Waals surface area contributed by atoms with Crippen LogP contribution in [0, 0.1) is 17.1 Å². The monoisotopic (exact) mass is 418 g/mol. The van der Waals surface area contributed by atoms with E-state index in [0.29, 0.717) is 35.6 Å². The van der Waals surface area contributed by atoms with Gasteiger partial charge in [-0.05, 0) is 25.0 Å². The van der Waals surface area contributed by atoms with Crippen molar-refractivity contribution in [1.82, 2.24) is 29.1 Å². The molecule has 1 fully saturated rings. The van der Waals surface area contributed by atoms with Crippen LogP contribution in [0.1, 0.15) is 30.1 Å². The van der Waals surface area contributed by atoms with E-state index in [2.05, 4.69) is 26.2 Å². The molecule has 0 bridgehead atoms. The molecule has 9 nitrogen and oxygen atoms in total. The topological polar surface area (TPSA) is 108 Å². The number of imidazole rings is 1. The SMILES string of the molecule is Cn1cnnc1C1CCN(c2c(C#N)ccc(F)c2-c2cnc(=O)n3cc[nH]c23)CC1. The van der Waals surface area contributed by atoms with Crippen molar-refractivity contribution in [3.05, 3.63) is 64.7 Å². The van der Waals surface area contributed by atoms with E-state index < -0.39 is 11.5 Å². The number of halogens is 1. The average Bonchev–Trinajstić information content (AvgIpc) is 3.44. The van der Waals surface area contributed by atoms with Gasteiger partial charge in [-0.2, -0.15) is 5.26 Å². The fourth-order valence-corrected chi connectivity index (χ4v) is 4.39. The highest BCUT2D eigenvalue weighted by Gasteiger charge is 2.29. The number of benzene rings is 1. The Morgan fingerprint density at radius 3 is 2.81 bits per heavy atom. The van der Waals surface area contributed by atoms with E-state index in [4.69, 9.17) is 0 Å². The van der Waals surface area contributed by atoms with Gasteiger partial charge < -0.3 is 14.5 Å². The molecule has 0 unspecified atom stereocenters. The molecule has 0 aliphatic carbocycles. The summed E-state index contributed by atoms with van der Waals surface area (Å²) >= 11 is 0. The molecule has 1 aliphatic heterocycles. The minimum absolute atomic E-state index is 0.248. The van der Waals surface area contributed by atoms with Gasteiger partial charge >= 0.3 is 5.69 Å². The molecule has 0 spiro atoms. The predicted molar refractivity (Wildman–Crippen MR) is 111 cm³/mol. The molecule has 10 heteroatoms.